The number of allylic oxidation sites excluding steroid dienone is 2. The summed E-state index contributed by atoms with van der Waals surface area (Å²) in [7, 11) is -4.04. The molecule has 1 unspecified atom stereocenters. The topological polar surface area (TPSA) is 116 Å². The zero-order chi connectivity index (χ0) is 19.9. The standard InChI is InChI=1S/C19H19N3O5S/c23-15-5-3-9-19(11-15,22-12-17(24)21-28(22,26)27)10-14-8-7-13-4-1-2-6-16(13)18(25)20-14/h1-9,14,23H,10-12H2,(H,20,25)(H,21,24)/t14-,19?/m1/s1. The molecular formula is C19H19N3O5S. The van der Waals surface area contributed by atoms with Gasteiger partial charge in [0.15, 0.2) is 0 Å². The Labute approximate surface area is 162 Å². The van der Waals surface area contributed by atoms with Crippen LogP contribution in [0.3, 0.4) is 0 Å². The lowest BCUT2D eigenvalue weighted by molar-refractivity contribution is -0.118. The van der Waals surface area contributed by atoms with Gasteiger partial charge in [-0.1, -0.05) is 42.5 Å². The first-order chi connectivity index (χ1) is 13.3. The van der Waals surface area contributed by atoms with Crippen molar-refractivity contribution < 1.29 is 23.1 Å². The lowest BCUT2D eigenvalue weighted by Crippen LogP contribution is -2.53. The van der Waals surface area contributed by atoms with Gasteiger partial charge in [0.1, 0.15) is 0 Å². The number of carbonyl (C=O) groups excluding carboxylic acids is 2. The highest BCUT2D eigenvalue weighted by Gasteiger charge is 2.49. The van der Waals surface area contributed by atoms with Crippen LogP contribution in [-0.2, 0) is 15.0 Å². The van der Waals surface area contributed by atoms with Crippen molar-refractivity contribution in [2.45, 2.75) is 24.4 Å². The molecule has 2 amide bonds. The molecule has 3 N–H and O–H groups in total. The molecule has 2 heterocycles. The summed E-state index contributed by atoms with van der Waals surface area (Å²) in [5.41, 5.74) is 0.113. The summed E-state index contributed by atoms with van der Waals surface area (Å²) in [4.78, 5) is 24.4. The number of carbonyl (C=O) groups is 2. The molecule has 3 aliphatic rings. The van der Waals surface area contributed by atoms with Crippen LogP contribution in [0.15, 0.2) is 54.3 Å². The van der Waals surface area contributed by atoms with Gasteiger partial charge < -0.3 is 10.4 Å². The Hall–Kier alpha value is -2.91. The molecule has 0 aromatic heterocycles. The van der Waals surface area contributed by atoms with E-state index in [0.717, 1.165) is 9.87 Å². The van der Waals surface area contributed by atoms with Gasteiger partial charge in [-0.05, 0) is 24.1 Å². The molecule has 1 fully saturated rings. The summed E-state index contributed by atoms with van der Waals surface area (Å²) in [5, 5.41) is 13.0. The minimum Gasteiger partial charge on any atom is -0.512 e. The van der Waals surface area contributed by atoms with E-state index in [4.69, 9.17) is 0 Å². The zero-order valence-corrected chi connectivity index (χ0v) is 15.6. The minimum atomic E-state index is -4.04. The van der Waals surface area contributed by atoms with E-state index in [1.807, 2.05) is 22.9 Å². The second-order valence-corrected chi connectivity index (χ2v) is 8.66. The monoisotopic (exact) mass is 401 g/mol. The maximum Gasteiger partial charge on any atom is 0.305 e. The molecule has 0 saturated carbocycles. The van der Waals surface area contributed by atoms with Gasteiger partial charge in [-0.2, -0.15) is 12.7 Å². The van der Waals surface area contributed by atoms with E-state index in [9.17, 15) is 23.1 Å². The van der Waals surface area contributed by atoms with Crippen LogP contribution in [0.25, 0.3) is 6.08 Å². The molecule has 1 aliphatic carbocycles. The van der Waals surface area contributed by atoms with Crippen molar-refractivity contribution in [1.29, 1.82) is 0 Å². The minimum absolute atomic E-state index is 0.00395. The number of hydrogen-bond donors (Lipinski definition) is 3. The summed E-state index contributed by atoms with van der Waals surface area (Å²) >= 11 is 0. The van der Waals surface area contributed by atoms with E-state index in [0.29, 0.717) is 5.56 Å². The van der Waals surface area contributed by atoms with Crippen molar-refractivity contribution >= 4 is 28.1 Å². The molecule has 146 valence electrons. The lowest BCUT2D eigenvalue weighted by Gasteiger charge is -2.40. The molecule has 8 nitrogen and oxygen atoms in total. The number of nitrogens with one attached hydrogen (secondary N) is 2. The molecule has 4 rings (SSSR count). The molecule has 2 aliphatic heterocycles. The van der Waals surface area contributed by atoms with Crippen molar-refractivity contribution in [2.24, 2.45) is 0 Å². The molecule has 28 heavy (non-hydrogen) atoms. The fraction of sp³-hybridized carbons (Fsp3) is 0.263. The Balaban J connectivity index is 1.68. The zero-order valence-electron chi connectivity index (χ0n) is 14.8. The second kappa shape index (κ2) is 6.61. The normalized spacial score (nSPS) is 28.9. The maximum atomic E-state index is 12.6. The van der Waals surface area contributed by atoms with Crippen LogP contribution in [0.5, 0.6) is 0 Å². The molecular weight excluding hydrogens is 382 g/mol. The van der Waals surface area contributed by atoms with Gasteiger partial charge in [0.05, 0.1) is 17.8 Å². The van der Waals surface area contributed by atoms with Gasteiger partial charge in [0.25, 0.3) is 5.91 Å². The van der Waals surface area contributed by atoms with Crippen LogP contribution >= 0.6 is 0 Å². The Kier molecular flexibility index (Phi) is 4.35. The van der Waals surface area contributed by atoms with Gasteiger partial charge in [0.2, 0.25) is 5.91 Å². The quantitative estimate of drug-likeness (QED) is 0.699. The number of nitrogens with zero attached hydrogens (tertiary/aromatic N) is 1. The molecule has 0 spiro atoms. The predicted molar refractivity (Wildman–Crippen MR) is 102 cm³/mol. The number of fused-ring (bicyclic) bond motifs is 1. The van der Waals surface area contributed by atoms with Gasteiger partial charge in [0, 0.05) is 18.0 Å². The number of benzene rings is 1. The fourth-order valence-corrected chi connectivity index (χ4v) is 5.32. The summed E-state index contributed by atoms with van der Waals surface area (Å²) < 4.78 is 28.0. The Bertz CT molecular complexity index is 1040. The Morgan fingerprint density at radius 2 is 2.04 bits per heavy atom. The van der Waals surface area contributed by atoms with E-state index in [-0.39, 0.29) is 31.1 Å². The van der Waals surface area contributed by atoms with Crippen LogP contribution < -0.4 is 10.0 Å². The largest absolute Gasteiger partial charge is 0.512 e. The first kappa shape index (κ1) is 18.5. The van der Waals surface area contributed by atoms with Gasteiger partial charge >= 0.3 is 10.2 Å². The maximum absolute atomic E-state index is 12.6. The Morgan fingerprint density at radius 1 is 1.25 bits per heavy atom. The number of amides is 2. The number of hydrogen-bond acceptors (Lipinski definition) is 5. The lowest BCUT2D eigenvalue weighted by atomic mass is 9.83. The third-order valence-electron chi connectivity index (χ3n) is 5.10. The number of rotatable bonds is 3. The fourth-order valence-electron chi connectivity index (χ4n) is 3.89. The summed E-state index contributed by atoms with van der Waals surface area (Å²) in [6.45, 7) is -0.343. The van der Waals surface area contributed by atoms with E-state index >= 15 is 0 Å². The Morgan fingerprint density at radius 3 is 2.75 bits per heavy atom. The van der Waals surface area contributed by atoms with Crippen LogP contribution in [0.4, 0.5) is 0 Å². The highest BCUT2D eigenvalue weighted by Crippen LogP contribution is 2.36. The highest BCUT2D eigenvalue weighted by atomic mass is 32.2. The van der Waals surface area contributed by atoms with E-state index in [1.54, 1.807) is 30.4 Å². The van der Waals surface area contributed by atoms with Gasteiger partial charge in [-0.15, -0.1) is 0 Å². The number of aliphatic hydroxyl groups is 1. The molecule has 0 radical (unpaired) electrons. The summed E-state index contributed by atoms with van der Waals surface area (Å²) in [6.07, 6.45) is 8.48. The van der Waals surface area contributed by atoms with Crippen LogP contribution in [0.1, 0.15) is 28.8 Å². The van der Waals surface area contributed by atoms with Crippen molar-refractivity contribution in [3.63, 3.8) is 0 Å². The molecule has 1 aromatic rings. The smallest absolute Gasteiger partial charge is 0.305 e. The van der Waals surface area contributed by atoms with Crippen molar-refractivity contribution in [1.82, 2.24) is 14.3 Å². The molecule has 1 aromatic carbocycles. The van der Waals surface area contributed by atoms with E-state index in [1.165, 1.54) is 6.08 Å². The molecule has 1 saturated heterocycles. The average Bonchev–Trinajstić information content (AvgIpc) is 2.82. The van der Waals surface area contributed by atoms with E-state index in [2.05, 4.69) is 5.32 Å². The predicted octanol–water partition coefficient (Wildman–Crippen LogP) is 1.02. The van der Waals surface area contributed by atoms with Crippen molar-refractivity contribution in [3.05, 3.63) is 65.5 Å². The molecule has 9 heteroatoms. The molecule has 2 atom stereocenters. The van der Waals surface area contributed by atoms with E-state index < -0.39 is 27.7 Å². The first-order valence-corrected chi connectivity index (χ1v) is 10.2. The van der Waals surface area contributed by atoms with Crippen LogP contribution in [0.2, 0.25) is 0 Å². The third kappa shape index (κ3) is 3.23. The SMILES string of the molecule is O=C1CN(C2(C[C@H]3C=Cc4ccccc4C(=O)N3)C=CC=C(O)C2)S(=O)(=O)N1. The number of aliphatic hydroxyl groups excluding tert-OH is 1. The average molecular weight is 401 g/mol. The summed E-state index contributed by atoms with van der Waals surface area (Å²) in [5.74, 6) is -0.891. The van der Waals surface area contributed by atoms with Gasteiger partial charge in [-0.3, -0.25) is 9.59 Å². The second-order valence-electron chi connectivity index (χ2n) is 7.06. The van der Waals surface area contributed by atoms with Gasteiger partial charge in [-0.25, -0.2) is 4.72 Å². The summed E-state index contributed by atoms with van der Waals surface area (Å²) in [6, 6.07) is 6.65. The molecule has 0 bridgehead atoms. The van der Waals surface area contributed by atoms with Crippen molar-refractivity contribution in [3.8, 4) is 0 Å². The van der Waals surface area contributed by atoms with Crippen molar-refractivity contribution in [2.75, 3.05) is 6.54 Å². The van der Waals surface area contributed by atoms with Crippen LogP contribution in [-0.4, -0.2) is 47.8 Å². The third-order valence-corrected chi connectivity index (χ3v) is 6.66. The highest BCUT2D eigenvalue weighted by molar-refractivity contribution is 7.88. The van der Waals surface area contributed by atoms with Crippen LogP contribution in [0, 0.1) is 0 Å². The first-order valence-electron chi connectivity index (χ1n) is 8.78.